The number of hydrogen-bond acceptors (Lipinski definition) is 3. The van der Waals surface area contributed by atoms with Gasteiger partial charge in [0.15, 0.2) is 0 Å². The van der Waals surface area contributed by atoms with Crippen LogP contribution in [-0.4, -0.2) is 12.5 Å². The number of carbonyl (C=O) groups excluding carboxylic acids is 1. The first-order valence-corrected chi connectivity index (χ1v) is 6.41. The minimum atomic E-state index is -0.738. The predicted octanol–water partition coefficient (Wildman–Crippen LogP) is 3.04. The second-order valence-electron chi connectivity index (χ2n) is 4.41. The van der Waals surface area contributed by atoms with E-state index in [1.54, 1.807) is 12.1 Å². The van der Waals surface area contributed by atoms with Gasteiger partial charge in [-0.1, -0.05) is 0 Å². The van der Waals surface area contributed by atoms with Crippen molar-refractivity contribution in [3.8, 4) is 0 Å². The Labute approximate surface area is 121 Å². The van der Waals surface area contributed by atoms with E-state index in [0.717, 1.165) is 12.1 Å². The molecule has 21 heavy (non-hydrogen) atoms. The van der Waals surface area contributed by atoms with Gasteiger partial charge in [-0.3, -0.25) is 4.79 Å². The molecule has 110 valence electrons. The zero-order chi connectivity index (χ0) is 15.4. The number of nitrogens with two attached hydrogens (primary N) is 1. The van der Waals surface area contributed by atoms with E-state index in [1.165, 1.54) is 12.1 Å². The molecule has 0 saturated carbocycles. The Morgan fingerprint density at radius 1 is 1.14 bits per heavy atom. The molecule has 2 aromatic carbocycles. The number of nitrogen functional groups attached to an aromatic ring is 1. The molecule has 0 spiro atoms. The molecule has 6 heteroatoms. The lowest BCUT2D eigenvalue weighted by atomic mass is 10.1. The Balaban J connectivity index is 2.30. The number of nitrogens with one attached hydrogen (secondary N) is 2. The summed E-state index contributed by atoms with van der Waals surface area (Å²) in [5.41, 5.74) is 7.01. The van der Waals surface area contributed by atoms with Gasteiger partial charge >= 0.3 is 0 Å². The molecular formula is C15H15F2N3O. The first-order valence-electron chi connectivity index (χ1n) is 6.41. The smallest absolute Gasteiger partial charge is 0.251 e. The largest absolute Gasteiger partial charge is 0.397 e. The quantitative estimate of drug-likeness (QED) is 0.758. The highest BCUT2D eigenvalue weighted by atomic mass is 19.1. The summed E-state index contributed by atoms with van der Waals surface area (Å²) in [6.07, 6.45) is 0. The van der Waals surface area contributed by atoms with Crippen molar-refractivity contribution in [3.63, 3.8) is 0 Å². The molecule has 0 fully saturated rings. The summed E-state index contributed by atoms with van der Waals surface area (Å²) in [6.45, 7) is 2.31. The van der Waals surface area contributed by atoms with Gasteiger partial charge in [-0.25, -0.2) is 8.78 Å². The summed E-state index contributed by atoms with van der Waals surface area (Å²) in [5.74, 6) is -1.65. The van der Waals surface area contributed by atoms with E-state index in [2.05, 4.69) is 10.6 Å². The van der Waals surface area contributed by atoms with Gasteiger partial charge in [0, 0.05) is 18.2 Å². The van der Waals surface area contributed by atoms with Crippen molar-refractivity contribution in [2.24, 2.45) is 0 Å². The monoisotopic (exact) mass is 291 g/mol. The molecule has 2 rings (SSSR count). The molecule has 0 aromatic heterocycles. The molecule has 0 aliphatic rings. The van der Waals surface area contributed by atoms with Gasteiger partial charge in [0.2, 0.25) is 0 Å². The average molecular weight is 291 g/mol. The molecule has 0 radical (unpaired) electrons. The summed E-state index contributed by atoms with van der Waals surface area (Å²) in [5, 5.41) is 5.42. The Kier molecular flexibility index (Phi) is 4.37. The van der Waals surface area contributed by atoms with Gasteiger partial charge in [0.05, 0.1) is 17.1 Å². The second kappa shape index (κ2) is 6.21. The summed E-state index contributed by atoms with van der Waals surface area (Å²) in [4.78, 5) is 11.8. The van der Waals surface area contributed by atoms with E-state index in [9.17, 15) is 13.6 Å². The third-order valence-corrected chi connectivity index (χ3v) is 2.85. The maximum atomic E-state index is 13.6. The number of benzene rings is 2. The molecule has 4 nitrogen and oxygen atoms in total. The van der Waals surface area contributed by atoms with Gasteiger partial charge in [-0.15, -0.1) is 0 Å². The third kappa shape index (κ3) is 3.47. The number of halogens is 2. The molecule has 4 N–H and O–H groups in total. The van der Waals surface area contributed by atoms with Crippen molar-refractivity contribution in [2.75, 3.05) is 17.6 Å². The van der Waals surface area contributed by atoms with Crippen LogP contribution in [0.15, 0.2) is 36.4 Å². The fraction of sp³-hybridized carbons (Fsp3) is 0.133. The number of hydrogen-bond donors (Lipinski definition) is 3. The molecule has 0 aliphatic carbocycles. The van der Waals surface area contributed by atoms with Crippen LogP contribution in [0.25, 0.3) is 0 Å². The molecule has 2 aromatic rings. The molecule has 0 aliphatic heterocycles. The fourth-order valence-corrected chi connectivity index (χ4v) is 1.80. The fourth-order valence-electron chi connectivity index (χ4n) is 1.80. The first kappa shape index (κ1) is 14.8. The van der Waals surface area contributed by atoms with Crippen molar-refractivity contribution < 1.29 is 13.6 Å². The summed E-state index contributed by atoms with van der Waals surface area (Å²) >= 11 is 0. The van der Waals surface area contributed by atoms with E-state index in [4.69, 9.17) is 5.73 Å². The summed E-state index contributed by atoms with van der Waals surface area (Å²) in [6, 6.07) is 7.81. The highest BCUT2D eigenvalue weighted by Crippen LogP contribution is 2.26. The molecule has 0 bridgehead atoms. The Hall–Kier alpha value is -2.63. The van der Waals surface area contributed by atoms with Crippen LogP contribution in [-0.2, 0) is 0 Å². The van der Waals surface area contributed by atoms with Crippen LogP contribution in [0.5, 0.6) is 0 Å². The standard InChI is InChI=1S/C15H15F2N3O/c1-2-19-15(21)9-3-5-12(18)14(7-9)20-13-6-4-10(16)8-11(13)17/h3-8,20H,2,18H2,1H3,(H,19,21). The van der Waals surface area contributed by atoms with Gasteiger partial charge in [-0.05, 0) is 37.3 Å². The van der Waals surface area contributed by atoms with Gasteiger partial charge in [-0.2, -0.15) is 0 Å². The van der Waals surface area contributed by atoms with E-state index in [-0.39, 0.29) is 11.6 Å². The number of carbonyl (C=O) groups is 1. The van der Waals surface area contributed by atoms with E-state index in [0.29, 0.717) is 23.5 Å². The first-order chi connectivity index (χ1) is 10.0. The lowest BCUT2D eigenvalue weighted by Crippen LogP contribution is -2.22. The van der Waals surface area contributed by atoms with Crippen LogP contribution in [0.3, 0.4) is 0 Å². The minimum Gasteiger partial charge on any atom is -0.397 e. The van der Waals surface area contributed by atoms with Crippen LogP contribution in [0, 0.1) is 11.6 Å². The molecule has 0 unspecified atom stereocenters. The number of anilines is 3. The summed E-state index contributed by atoms with van der Waals surface area (Å²) in [7, 11) is 0. The van der Waals surface area contributed by atoms with Crippen molar-refractivity contribution in [1.29, 1.82) is 0 Å². The Bertz CT molecular complexity index is 674. The molecule has 1 amide bonds. The van der Waals surface area contributed by atoms with Crippen molar-refractivity contribution in [1.82, 2.24) is 5.32 Å². The maximum absolute atomic E-state index is 13.6. The van der Waals surface area contributed by atoms with Crippen molar-refractivity contribution in [2.45, 2.75) is 6.92 Å². The van der Waals surface area contributed by atoms with E-state index >= 15 is 0 Å². The lowest BCUT2D eigenvalue weighted by molar-refractivity contribution is 0.0956. The van der Waals surface area contributed by atoms with Gasteiger partial charge in [0.25, 0.3) is 5.91 Å². The topological polar surface area (TPSA) is 67.2 Å². The van der Waals surface area contributed by atoms with Crippen LogP contribution in [0.1, 0.15) is 17.3 Å². The Morgan fingerprint density at radius 3 is 2.57 bits per heavy atom. The summed E-state index contributed by atoms with van der Waals surface area (Å²) < 4.78 is 26.5. The number of amides is 1. The zero-order valence-electron chi connectivity index (χ0n) is 11.4. The Morgan fingerprint density at radius 2 is 1.90 bits per heavy atom. The normalized spacial score (nSPS) is 10.2. The maximum Gasteiger partial charge on any atom is 0.251 e. The highest BCUT2D eigenvalue weighted by Gasteiger charge is 2.10. The molecule has 0 atom stereocenters. The highest BCUT2D eigenvalue weighted by molar-refractivity contribution is 5.96. The van der Waals surface area contributed by atoms with Crippen LogP contribution < -0.4 is 16.4 Å². The van der Waals surface area contributed by atoms with E-state index < -0.39 is 11.6 Å². The predicted molar refractivity (Wildman–Crippen MR) is 78.5 cm³/mol. The van der Waals surface area contributed by atoms with Crippen LogP contribution >= 0.6 is 0 Å². The SMILES string of the molecule is CCNC(=O)c1ccc(N)c(Nc2ccc(F)cc2F)c1. The molecule has 0 heterocycles. The zero-order valence-corrected chi connectivity index (χ0v) is 11.4. The third-order valence-electron chi connectivity index (χ3n) is 2.85. The van der Waals surface area contributed by atoms with Crippen molar-refractivity contribution >= 4 is 23.0 Å². The minimum absolute atomic E-state index is 0.0798. The molecular weight excluding hydrogens is 276 g/mol. The lowest BCUT2D eigenvalue weighted by Gasteiger charge is -2.12. The van der Waals surface area contributed by atoms with Gasteiger partial charge in [0.1, 0.15) is 11.6 Å². The van der Waals surface area contributed by atoms with Crippen LogP contribution in [0.2, 0.25) is 0 Å². The van der Waals surface area contributed by atoms with Crippen molar-refractivity contribution in [3.05, 3.63) is 53.6 Å². The molecule has 0 saturated heterocycles. The van der Waals surface area contributed by atoms with Gasteiger partial charge < -0.3 is 16.4 Å². The average Bonchev–Trinajstić information content (AvgIpc) is 2.44. The second-order valence-corrected chi connectivity index (χ2v) is 4.41. The number of rotatable bonds is 4. The van der Waals surface area contributed by atoms with E-state index in [1.807, 2.05) is 6.92 Å². The van der Waals surface area contributed by atoms with Crippen LogP contribution in [0.4, 0.5) is 25.8 Å².